The largest absolute Gasteiger partial charge is 0.307 e. The summed E-state index contributed by atoms with van der Waals surface area (Å²) in [7, 11) is -4.09. The van der Waals surface area contributed by atoms with Crippen molar-refractivity contribution in [3.63, 3.8) is 0 Å². The molecule has 10 heteroatoms. The van der Waals surface area contributed by atoms with Crippen molar-refractivity contribution in [3.05, 3.63) is 32.3 Å². The van der Waals surface area contributed by atoms with E-state index >= 15 is 0 Å². The van der Waals surface area contributed by atoms with Crippen molar-refractivity contribution in [3.8, 4) is 6.07 Å². The molecular weight excluding hydrogens is 341 g/mol. The number of benzene rings is 1. The highest BCUT2D eigenvalue weighted by atomic mass is 35.5. The molecular formula is C11H11Cl2N3O4S. The first-order valence-corrected chi connectivity index (χ1v) is 8.00. The summed E-state index contributed by atoms with van der Waals surface area (Å²) in [6.07, 6.45) is 0.364. The number of nitro groups is 1. The summed E-state index contributed by atoms with van der Waals surface area (Å²) in [5.41, 5.74) is -0.672. The van der Waals surface area contributed by atoms with Gasteiger partial charge < -0.3 is 0 Å². The molecule has 7 nitrogen and oxygen atoms in total. The van der Waals surface area contributed by atoms with Gasteiger partial charge in [0.05, 0.1) is 17.4 Å². The lowest BCUT2D eigenvalue weighted by molar-refractivity contribution is -0.384. The lowest BCUT2D eigenvalue weighted by atomic mass is 10.2. The van der Waals surface area contributed by atoms with Crippen LogP contribution in [0.25, 0.3) is 0 Å². The Bertz CT molecular complexity index is 700. The molecule has 0 heterocycles. The van der Waals surface area contributed by atoms with E-state index in [0.29, 0.717) is 6.42 Å². The van der Waals surface area contributed by atoms with Crippen LogP contribution in [0, 0.1) is 21.4 Å². The van der Waals surface area contributed by atoms with E-state index in [9.17, 15) is 18.5 Å². The molecule has 0 fully saturated rings. The molecule has 0 spiro atoms. The van der Waals surface area contributed by atoms with Gasteiger partial charge in [-0.3, -0.25) is 10.1 Å². The highest BCUT2D eigenvalue weighted by molar-refractivity contribution is 7.89. The maximum Gasteiger partial charge on any atom is 0.307 e. The highest BCUT2D eigenvalue weighted by Gasteiger charge is 2.28. The molecule has 1 aromatic carbocycles. The Balaban J connectivity index is 3.30. The predicted molar refractivity (Wildman–Crippen MR) is 77.7 cm³/mol. The number of nitriles is 1. The van der Waals surface area contributed by atoms with Crippen molar-refractivity contribution in [2.45, 2.75) is 30.7 Å². The number of rotatable bonds is 6. The Morgan fingerprint density at radius 1 is 1.48 bits per heavy atom. The van der Waals surface area contributed by atoms with Crippen molar-refractivity contribution < 1.29 is 13.3 Å². The third kappa shape index (κ3) is 4.04. The van der Waals surface area contributed by atoms with Gasteiger partial charge in [-0.1, -0.05) is 30.1 Å². The third-order valence-corrected chi connectivity index (χ3v) is 5.02. The number of nitro benzene ring substituents is 1. The summed E-state index contributed by atoms with van der Waals surface area (Å²) in [6.45, 7) is 1.70. The summed E-state index contributed by atoms with van der Waals surface area (Å²) in [4.78, 5) is 9.58. The number of hydrogen-bond acceptors (Lipinski definition) is 5. The van der Waals surface area contributed by atoms with Crippen molar-refractivity contribution >= 4 is 38.9 Å². The van der Waals surface area contributed by atoms with Crippen LogP contribution in [0.5, 0.6) is 0 Å². The SMILES string of the molecule is CCC(CC#N)NS(=O)(=O)c1ccc(Cl)c([N+](=O)[O-])c1Cl. The zero-order valence-electron chi connectivity index (χ0n) is 10.8. The second kappa shape index (κ2) is 7.04. The van der Waals surface area contributed by atoms with Crippen LogP contribution in [0.15, 0.2) is 17.0 Å². The maximum atomic E-state index is 12.2. The third-order valence-electron chi connectivity index (χ3n) is 2.66. The Hall–Kier alpha value is -1.40. The Morgan fingerprint density at radius 2 is 2.10 bits per heavy atom. The topological polar surface area (TPSA) is 113 Å². The van der Waals surface area contributed by atoms with Crippen LogP contribution in [-0.2, 0) is 10.0 Å². The quantitative estimate of drug-likeness (QED) is 0.625. The van der Waals surface area contributed by atoms with Crippen molar-refractivity contribution in [1.82, 2.24) is 4.72 Å². The molecule has 0 amide bonds. The minimum Gasteiger partial charge on any atom is -0.258 e. The van der Waals surface area contributed by atoms with Gasteiger partial charge in [-0.05, 0) is 18.6 Å². The lowest BCUT2D eigenvalue weighted by Gasteiger charge is -2.14. The van der Waals surface area contributed by atoms with Gasteiger partial charge in [0.1, 0.15) is 14.9 Å². The van der Waals surface area contributed by atoms with Gasteiger partial charge in [0.2, 0.25) is 10.0 Å². The van der Waals surface area contributed by atoms with Gasteiger partial charge >= 0.3 is 5.69 Å². The van der Waals surface area contributed by atoms with E-state index in [1.165, 1.54) is 0 Å². The fraction of sp³-hybridized carbons (Fsp3) is 0.364. The van der Waals surface area contributed by atoms with Crippen LogP contribution >= 0.6 is 23.2 Å². The molecule has 1 unspecified atom stereocenters. The van der Waals surface area contributed by atoms with Crippen LogP contribution in [0.1, 0.15) is 19.8 Å². The van der Waals surface area contributed by atoms with E-state index in [1.807, 2.05) is 6.07 Å². The molecule has 114 valence electrons. The summed E-state index contributed by atoms with van der Waals surface area (Å²) in [6, 6.07) is 3.42. The van der Waals surface area contributed by atoms with Gasteiger partial charge in [-0.15, -0.1) is 0 Å². The average Bonchev–Trinajstić information content (AvgIpc) is 2.37. The molecule has 1 N–H and O–H groups in total. The summed E-state index contributed by atoms with van der Waals surface area (Å²) in [5, 5.41) is 18.7. The van der Waals surface area contributed by atoms with Crippen LogP contribution in [0.4, 0.5) is 5.69 Å². The van der Waals surface area contributed by atoms with Gasteiger partial charge in [0.15, 0.2) is 0 Å². The van der Waals surface area contributed by atoms with Crippen LogP contribution in [0.2, 0.25) is 10.0 Å². The fourth-order valence-corrected chi connectivity index (χ4v) is 3.77. The van der Waals surface area contributed by atoms with E-state index in [1.54, 1.807) is 6.92 Å². The number of halogens is 2. The molecule has 21 heavy (non-hydrogen) atoms. The fourth-order valence-electron chi connectivity index (χ4n) is 1.56. The van der Waals surface area contributed by atoms with Crippen molar-refractivity contribution in [2.24, 2.45) is 0 Å². The first-order valence-electron chi connectivity index (χ1n) is 5.76. The molecule has 1 atom stereocenters. The Morgan fingerprint density at radius 3 is 2.57 bits per heavy atom. The first-order chi connectivity index (χ1) is 9.74. The molecule has 0 aliphatic heterocycles. The monoisotopic (exact) mass is 351 g/mol. The van der Waals surface area contributed by atoms with Gasteiger partial charge in [-0.25, -0.2) is 13.1 Å². The Kier molecular flexibility index (Phi) is 5.92. The average molecular weight is 352 g/mol. The molecule has 1 rings (SSSR count). The van der Waals surface area contributed by atoms with Gasteiger partial charge in [0.25, 0.3) is 0 Å². The maximum absolute atomic E-state index is 12.2. The van der Waals surface area contributed by atoms with E-state index in [0.717, 1.165) is 12.1 Å². The normalized spacial score (nSPS) is 12.7. The van der Waals surface area contributed by atoms with Gasteiger partial charge in [0, 0.05) is 6.04 Å². The van der Waals surface area contributed by atoms with E-state index < -0.39 is 36.6 Å². The molecule has 0 bridgehead atoms. The second-order valence-electron chi connectivity index (χ2n) is 4.05. The van der Waals surface area contributed by atoms with Gasteiger partial charge in [-0.2, -0.15) is 5.26 Å². The number of nitrogens with one attached hydrogen (secondary N) is 1. The van der Waals surface area contributed by atoms with Crippen LogP contribution in [-0.4, -0.2) is 19.4 Å². The molecule has 0 saturated heterocycles. The van der Waals surface area contributed by atoms with E-state index in [-0.39, 0.29) is 11.4 Å². The summed E-state index contributed by atoms with van der Waals surface area (Å²) < 4.78 is 26.7. The zero-order valence-corrected chi connectivity index (χ0v) is 13.2. The number of hydrogen-bond donors (Lipinski definition) is 1. The number of nitrogens with zero attached hydrogens (tertiary/aromatic N) is 2. The van der Waals surface area contributed by atoms with Crippen LogP contribution < -0.4 is 4.72 Å². The van der Waals surface area contributed by atoms with E-state index in [4.69, 9.17) is 28.5 Å². The van der Waals surface area contributed by atoms with Crippen molar-refractivity contribution in [1.29, 1.82) is 5.26 Å². The summed E-state index contributed by atoms with van der Waals surface area (Å²) in [5.74, 6) is 0. The molecule has 0 aliphatic rings. The molecule has 0 aromatic heterocycles. The number of sulfonamides is 1. The molecule has 0 radical (unpaired) electrons. The minimum atomic E-state index is -4.09. The van der Waals surface area contributed by atoms with Crippen LogP contribution in [0.3, 0.4) is 0 Å². The highest BCUT2D eigenvalue weighted by Crippen LogP contribution is 2.37. The zero-order chi connectivity index (χ0) is 16.2. The molecule has 1 aromatic rings. The van der Waals surface area contributed by atoms with E-state index in [2.05, 4.69) is 4.72 Å². The predicted octanol–water partition coefficient (Wildman–Crippen LogP) is 2.87. The second-order valence-corrected chi connectivity index (χ2v) is 6.52. The lowest BCUT2D eigenvalue weighted by Crippen LogP contribution is -2.34. The standard InChI is InChI=1S/C11H11Cl2N3O4S/c1-2-7(5-6-14)15-21(19,20)9-4-3-8(12)11(10(9)13)16(17)18/h3-4,7,15H,2,5H2,1H3. The van der Waals surface area contributed by atoms with Crippen molar-refractivity contribution in [2.75, 3.05) is 0 Å². The first kappa shape index (κ1) is 17.7. The Labute approximate surface area is 131 Å². The molecule has 0 aliphatic carbocycles. The summed E-state index contributed by atoms with van der Waals surface area (Å²) >= 11 is 11.4. The smallest absolute Gasteiger partial charge is 0.258 e. The molecule has 0 saturated carbocycles. The minimum absolute atomic E-state index is 0.0248.